The molecule has 0 bridgehead atoms. The molecule has 0 heterocycles. The zero-order chi connectivity index (χ0) is 15.3. The molecule has 0 spiro atoms. The first-order valence-corrected chi connectivity index (χ1v) is 6.66. The number of rotatable bonds is 7. The van der Waals surface area contributed by atoms with Gasteiger partial charge in [-0.2, -0.15) is 0 Å². The second-order valence-corrected chi connectivity index (χ2v) is 4.58. The van der Waals surface area contributed by atoms with Gasteiger partial charge in [0.05, 0.1) is 17.9 Å². The smallest absolute Gasteiger partial charge is 0.337 e. The number of aromatic carboxylic acids is 1. The van der Waals surface area contributed by atoms with Crippen LogP contribution in [0.2, 0.25) is 0 Å². The fourth-order valence-corrected chi connectivity index (χ4v) is 2.32. The Balaban J connectivity index is 3.31. The predicted molar refractivity (Wildman–Crippen MR) is 76.6 cm³/mol. The molecule has 0 aliphatic rings. The van der Waals surface area contributed by atoms with Crippen molar-refractivity contribution in [3.05, 3.63) is 23.5 Å². The molecular formula is C14H21FN2O3. The molecule has 0 aliphatic heterocycles. The Morgan fingerprint density at radius 3 is 2.45 bits per heavy atom. The van der Waals surface area contributed by atoms with Gasteiger partial charge in [0.15, 0.2) is 0 Å². The van der Waals surface area contributed by atoms with Gasteiger partial charge < -0.3 is 20.8 Å². The molecule has 4 N–H and O–H groups in total. The minimum atomic E-state index is -1.20. The topological polar surface area (TPSA) is 86.8 Å². The largest absolute Gasteiger partial charge is 0.478 e. The third-order valence-electron chi connectivity index (χ3n) is 3.38. The summed E-state index contributed by atoms with van der Waals surface area (Å²) < 4.78 is 14.1. The number of carboxylic acids is 1. The second kappa shape index (κ2) is 7.09. The van der Waals surface area contributed by atoms with Crippen LogP contribution in [0.15, 0.2) is 12.1 Å². The molecule has 0 aromatic heterocycles. The number of aliphatic hydroxyl groups excluding tert-OH is 1. The Hall–Kier alpha value is -1.82. The quantitative estimate of drug-likeness (QED) is 0.667. The standard InChI is InChI=1S/C14H21FN2O3/c1-3-9(4-2)17(5-6-18)13-7-10(14(19)20)12(16)8-11(13)15/h7-9,18H,3-6,16H2,1-2H3,(H,19,20). The van der Waals surface area contributed by atoms with Crippen LogP contribution in [0.1, 0.15) is 37.0 Å². The maximum absolute atomic E-state index is 14.1. The summed E-state index contributed by atoms with van der Waals surface area (Å²) in [5.41, 5.74) is 5.45. The number of aliphatic hydroxyl groups is 1. The van der Waals surface area contributed by atoms with Crippen LogP contribution < -0.4 is 10.6 Å². The lowest BCUT2D eigenvalue weighted by Crippen LogP contribution is -2.37. The van der Waals surface area contributed by atoms with E-state index in [0.29, 0.717) is 0 Å². The molecule has 0 aliphatic carbocycles. The molecular weight excluding hydrogens is 263 g/mol. The first-order chi connectivity index (χ1) is 9.46. The molecule has 1 rings (SSSR count). The van der Waals surface area contributed by atoms with Gasteiger partial charge in [0.25, 0.3) is 0 Å². The van der Waals surface area contributed by atoms with Gasteiger partial charge in [-0.1, -0.05) is 13.8 Å². The van der Waals surface area contributed by atoms with Crippen LogP contribution >= 0.6 is 0 Å². The summed E-state index contributed by atoms with van der Waals surface area (Å²) in [5, 5.41) is 18.2. The fraction of sp³-hybridized carbons (Fsp3) is 0.500. The van der Waals surface area contributed by atoms with E-state index in [9.17, 15) is 9.18 Å². The zero-order valence-corrected chi connectivity index (χ0v) is 11.8. The number of hydrogen-bond acceptors (Lipinski definition) is 4. The minimum absolute atomic E-state index is 0.0296. The number of halogens is 1. The van der Waals surface area contributed by atoms with Crippen molar-refractivity contribution in [3.63, 3.8) is 0 Å². The summed E-state index contributed by atoms with van der Waals surface area (Å²) in [5.74, 6) is -1.77. The number of nitrogens with zero attached hydrogens (tertiary/aromatic N) is 1. The van der Waals surface area contributed by atoms with Gasteiger partial charge in [0.2, 0.25) is 0 Å². The van der Waals surface area contributed by atoms with E-state index in [4.69, 9.17) is 15.9 Å². The van der Waals surface area contributed by atoms with Crippen LogP contribution in [0.25, 0.3) is 0 Å². The summed E-state index contributed by atoms with van der Waals surface area (Å²) in [7, 11) is 0. The highest BCUT2D eigenvalue weighted by Gasteiger charge is 2.21. The Bertz CT molecular complexity index is 476. The van der Waals surface area contributed by atoms with Crippen molar-refractivity contribution in [1.29, 1.82) is 0 Å². The maximum Gasteiger partial charge on any atom is 0.337 e. The van der Waals surface area contributed by atoms with Gasteiger partial charge >= 0.3 is 5.97 Å². The van der Waals surface area contributed by atoms with E-state index in [1.807, 2.05) is 13.8 Å². The summed E-state index contributed by atoms with van der Waals surface area (Å²) in [6.45, 7) is 4.03. The van der Waals surface area contributed by atoms with Gasteiger partial charge in [-0.25, -0.2) is 9.18 Å². The van der Waals surface area contributed by atoms with E-state index < -0.39 is 11.8 Å². The molecule has 0 amide bonds. The average molecular weight is 284 g/mol. The van der Waals surface area contributed by atoms with Crippen molar-refractivity contribution in [3.8, 4) is 0 Å². The van der Waals surface area contributed by atoms with Gasteiger partial charge in [-0.05, 0) is 25.0 Å². The zero-order valence-electron chi connectivity index (χ0n) is 11.8. The SMILES string of the molecule is CCC(CC)N(CCO)c1cc(C(=O)O)c(N)cc1F. The summed E-state index contributed by atoms with van der Waals surface area (Å²) in [6.07, 6.45) is 1.53. The van der Waals surface area contributed by atoms with Crippen molar-refractivity contribution < 1.29 is 19.4 Å². The van der Waals surface area contributed by atoms with Gasteiger partial charge in [0, 0.05) is 18.3 Å². The molecule has 6 heteroatoms. The van der Waals surface area contributed by atoms with Crippen molar-refractivity contribution >= 4 is 17.3 Å². The molecule has 20 heavy (non-hydrogen) atoms. The lowest BCUT2D eigenvalue weighted by Gasteiger charge is -2.32. The molecule has 112 valence electrons. The van der Waals surface area contributed by atoms with Crippen LogP contribution in [-0.4, -0.2) is 35.4 Å². The highest BCUT2D eigenvalue weighted by Crippen LogP contribution is 2.28. The summed E-state index contributed by atoms with van der Waals surface area (Å²) >= 11 is 0. The van der Waals surface area contributed by atoms with Crippen LogP contribution in [0, 0.1) is 5.82 Å². The third-order valence-corrected chi connectivity index (χ3v) is 3.38. The number of anilines is 2. The molecule has 0 saturated carbocycles. The molecule has 1 aromatic rings. The van der Waals surface area contributed by atoms with Crippen molar-refractivity contribution in [2.75, 3.05) is 23.8 Å². The minimum Gasteiger partial charge on any atom is -0.478 e. The molecule has 0 fully saturated rings. The number of hydrogen-bond donors (Lipinski definition) is 3. The van der Waals surface area contributed by atoms with Crippen molar-refractivity contribution in [1.82, 2.24) is 0 Å². The maximum atomic E-state index is 14.1. The second-order valence-electron chi connectivity index (χ2n) is 4.58. The molecule has 0 atom stereocenters. The average Bonchev–Trinajstić information content (AvgIpc) is 2.39. The lowest BCUT2D eigenvalue weighted by atomic mass is 10.1. The van der Waals surface area contributed by atoms with Crippen LogP contribution in [0.5, 0.6) is 0 Å². The van der Waals surface area contributed by atoms with Gasteiger partial charge in [-0.3, -0.25) is 0 Å². The number of carbonyl (C=O) groups is 1. The number of nitrogens with two attached hydrogens (primary N) is 1. The van der Waals surface area contributed by atoms with E-state index in [-0.39, 0.29) is 36.1 Å². The lowest BCUT2D eigenvalue weighted by molar-refractivity contribution is 0.0698. The Morgan fingerprint density at radius 1 is 1.40 bits per heavy atom. The van der Waals surface area contributed by atoms with Gasteiger partial charge in [-0.15, -0.1) is 0 Å². The van der Waals surface area contributed by atoms with E-state index in [2.05, 4.69) is 0 Å². The van der Waals surface area contributed by atoms with Crippen LogP contribution in [0.3, 0.4) is 0 Å². The van der Waals surface area contributed by atoms with E-state index >= 15 is 0 Å². The van der Waals surface area contributed by atoms with E-state index in [1.54, 1.807) is 4.90 Å². The normalized spacial score (nSPS) is 10.8. The predicted octanol–water partition coefficient (Wildman–Crippen LogP) is 2.09. The van der Waals surface area contributed by atoms with Crippen LogP contribution in [-0.2, 0) is 0 Å². The summed E-state index contributed by atoms with van der Waals surface area (Å²) in [4.78, 5) is 12.8. The Morgan fingerprint density at radius 2 is 2.00 bits per heavy atom. The third kappa shape index (κ3) is 3.39. The van der Waals surface area contributed by atoms with Crippen molar-refractivity contribution in [2.45, 2.75) is 32.7 Å². The molecule has 1 aromatic carbocycles. The van der Waals surface area contributed by atoms with Crippen LogP contribution in [0.4, 0.5) is 15.8 Å². The number of carboxylic acid groups (broad SMARTS) is 1. The Labute approximate surface area is 117 Å². The molecule has 5 nitrogen and oxygen atoms in total. The fourth-order valence-electron chi connectivity index (χ4n) is 2.32. The Kier molecular flexibility index (Phi) is 5.76. The molecule has 0 radical (unpaired) electrons. The van der Waals surface area contributed by atoms with Crippen molar-refractivity contribution in [2.24, 2.45) is 0 Å². The molecule has 0 saturated heterocycles. The van der Waals surface area contributed by atoms with E-state index in [0.717, 1.165) is 18.9 Å². The first kappa shape index (κ1) is 16.2. The highest BCUT2D eigenvalue weighted by molar-refractivity contribution is 5.95. The monoisotopic (exact) mass is 284 g/mol. The molecule has 0 unspecified atom stereocenters. The number of benzene rings is 1. The highest BCUT2D eigenvalue weighted by atomic mass is 19.1. The summed E-state index contributed by atoms with van der Waals surface area (Å²) in [6, 6.07) is 2.29. The van der Waals surface area contributed by atoms with E-state index in [1.165, 1.54) is 6.07 Å². The van der Waals surface area contributed by atoms with Gasteiger partial charge in [0.1, 0.15) is 5.82 Å². The number of nitrogen functional groups attached to an aromatic ring is 1. The first-order valence-electron chi connectivity index (χ1n) is 6.66.